The summed E-state index contributed by atoms with van der Waals surface area (Å²) >= 11 is 1.44. The number of H-pyrrole nitrogens is 1. The number of imidazole rings is 1. The largest absolute Gasteiger partial charge is 0.506 e. The lowest BCUT2D eigenvalue weighted by Gasteiger charge is -2.49. The summed E-state index contributed by atoms with van der Waals surface area (Å²) in [5, 5.41) is 12.8. The SMILES string of the molecule is CC(=O)OCC1=C(C(=O)OC(c2ccccc2)c2ccccc2)N2C(=O)[C@@H](Nc3nc4c(O)cccc4[nH]3)[C@H]2SC1. The van der Waals surface area contributed by atoms with Gasteiger partial charge >= 0.3 is 11.9 Å². The van der Waals surface area contributed by atoms with Gasteiger partial charge in [-0.2, -0.15) is 0 Å². The molecule has 4 aromatic rings. The van der Waals surface area contributed by atoms with Gasteiger partial charge in [0.25, 0.3) is 5.91 Å². The van der Waals surface area contributed by atoms with Crippen LogP contribution in [0.15, 0.2) is 90.1 Å². The summed E-state index contributed by atoms with van der Waals surface area (Å²) < 4.78 is 11.3. The molecule has 1 aromatic heterocycles. The van der Waals surface area contributed by atoms with E-state index in [0.29, 0.717) is 28.3 Å². The van der Waals surface area contributed by atoms with Gasteiger partial charge in [0, 0.05) is 18.2 Å². The van der Waals surface area contributed by atoms with Crippen molar-refractivity contribution in [2.45, 2.75) is 24.4 Å². The number of thioether (sulfide) groups is 1. The lowest BCUT2D eigenvalue weighted by molar-refractivity contribution is -0.152. The van der Waals surface area contributed by atoms with Crippen LogP contribution in [0.25, 0.3) is 11.0 Å². The van der Waals surface area contributed by atoms with Crippen LogP contribution in [-0.4, -0.2) is 61.6 Å². The molecule has 2 aliphatic heterocycles. The van der Waals surface area contributed by atoms with E-state index in [1.807, 2.05) is 60.7 Å². The van der Waals surface area contributed by atoms with Gasteiger partial charge < -0.3 is 24.9 Å². The number of carbonyl (C=O) groups is 3. The maximum atomic E-state index is 13.9. The molecular weight excluding hydrogens is 544 g/mol. The number of hydrogen-bond acceptors (Lipinski definition) is 9. The number of amides is 1. The van der Waals surface area contributed by atoms with Crippen molar-refractivity contribution in [3.05, 3.63) is 101 Å². The third-order valence-electron chi connectivity index (χ3n) is 6.90. The van der Waals surface area contributed by atoms with Gasteiger partial charge in [0.15, 0.2) is 6.10 Å². The van der Waals surface area contributed by atoms with Gasteiger partial charge in [0.05, 0.1) is 5.52 Å². The van der Waals surface area contributed by atoms with Crippen molar-refractivity contribution >= 4 is 46.6 Å². The second kappa shape index (κ2) is 11.0. The first kappa shape index (κ1) is 26.5. The minimum atomic E-state index is -0.714. The molecule has 11 heteroatoms. The molecule has 3 heterocycles. The van der Waals surface area contributed by atoms with Gasteiger partial charge in [-0.05, 0) is 23.3 Å². The number of phenols is 1. The summed E-state index contributed by atoms with van der Waals surface area (Å²) in [6, 6.07) is 23.0. The van der Waals surface area contributed by atoms with Crippen molar-refractivity contribution in [1.82, 2.24) is 14.9 Å². The second-order valence-electron chi connectivity index (χ2n) is 9.63. The van der Waals surface area contributed by atoms with Crippen LogP contribution in [0, 0.1) is 0 Å². The Hall–Kier alpha value is -4.77. The first-order chi connectivity index (χ1) is 19.9. The highest BCUT2D eigenvalue weighted by molar-refractivity contribution is 8.00. The zero-order valence-electron chi connectivity index (χ0n) is 21.9. The van der Waals surface area contributed by atoms with E-state index in [4.69, 9.17) is 9.47 Å². The first-order valence-corrected chi connectivity index (χ1v) is 14.0. The Morgan fingerprint density at radius 2 is 1.76 bits per heavy atom. The molecule has 3 N–H and O–H groups in total. The van der Waals surface area contributed by atoms with E-state index in [9.17, 15) is 19.5 Å². The van der Waals surface area contributed by atoms with Crippen molar-refractivity contribution in [1.29, 1.82) is 0 Å². The summed E-state index contributed by atoms with van der Waals surface area (Å²) in [6.45, 7) is 1.16. The van der Waals surface area contributed by atoms with Gasteiger partial charge in [-0.25, -0.2) is 9.78 Å². The number of aromatic nitrogens is 2. The highest BCUT2D eigenvalue weighted by Crippen LogP contribution is 2.42. The van der Waals surface area contributed by atoms with E-state index in [0.717, 1.165) is 11.1 Å². The number of aromatic hydroxyl groups is 1. The molecule has 2 atom stereocenters. The Labute approximate surface area is 239 Å². The average molecular weight is 571 g/mol. The zero-order valence-corrected chi connectivity index (χ0v) is 22.8. The number of nitrogens with one attached hydrogen (secondary N) is 2. The highest BCUT2D eigenvalue weighted by Gasteiger charge is 2.54. The van der Waals surface area contributed by atoms with Gasteiger partial charge in [0.1, 0.15) is 35.0 Å². The molecule has 0 saturated carbocycles. The Bertz CT molecular complexity index is 1620. The number of benzene rings is 3. The Morgan fingerprint density at radius 3 is 2.39 bits per heavy atom. The minimum Gasteiger partial charge on any atom is -0.506 e. The van der Waals surface area contributed by atoms with E-state index >= 15 is 0 Å². The van der Waals surface area contributed by atoms with Crippen LogP contribution in [0.5, 0.6) is 5.75 Å². The molecule has 0 spiro atoms. The molecule has 2 aliphatic rings. The molecule has 1 amide bonds. The quantitative estimate of drug-likeness (QED) is 0.211. The van der Waals surface area contributed by atoms with Crippen LogP contribution >= 0.6 is 11.8 Å². The number of fused-ring (bicyclic) bond motifs is 2. The molecule has 0 unspecified atom stereocenters. The van der Waals surface area contributed by atoms with Crippen LogP contribution in [-0.2, 0) is 23.9 Å². The maximum Gasteiger partial charge on any atom is 0.356 e. The number of phenolic OH excluding ortho intramolecular Hbond substituents is 1. The van der Waals surface area contributed by atoms with Crippen molar-refractivity contribution < 1.29 is 29.0 Å². The van der Waals surface area contributed by atoms with Gasteiger partial charge in [-0.3, -0.25) is 14.5 Å². The van der Waals surface area contributed by atoms with Gasteiger partial charge in [0.2, 0.25) is 5.95 Å². The normalized spacial score (nSPS) is 18.2. The lowest BCUT2D eigenvalue weighted by atomic mass is 10.0. The molecule has 0 radical (unpaired) electrons. The predicted molar refractivity (Wildman–Crippen MR) is 153 cm³/mol. The summed E-state index contributed by atoms with van der Waals surface area (Å²) in [5.41, 5.74) is 3.13. The van der Waals surface area contributed by atoms with E-state index in [-0.39, 0.29) is 24.0 Å². The van der Waals surface area contributed by atoms with Crippen LogP contribution in [0.3, 0.4) is 0 Å². The summed E-state index contributed by atoms with van der Waals surface area (Å²) in [6.07, 6.45) is -0.714. The maximum absolute atomic E-state index is 13.9. The van der Waals surface area contributed by atoms with Crippen molar-refractivity contribution in [2.75, 3.05) is 17.7 Å². The summed E-state index contributed by atoms with van der Waals surface area (Å²) in [5.74, 6) is -0.828. The van der Waals surface area contributed by atoms with Crippen LogP contribution in [0.1, 0.15) is 24.2 Å². The fourth-order valence-electron chi connectivity index (χ4n) is 4.95. The number of nitrogens with zero attached hydrogens (tertiary/aromatic N) is 2. The van der Waals surface area contributed by atoms with Crippen molar-refractivity contribution in [3.8, 4) is 5.75 Å². The second-order valence-corrected chi connectivity index (χ2v) is 10.7. The molecular formula is C30H26N4O6S. The molecule has 1 saturated heterocycles. The molecule has 6 rings (SSSR count). The summed E-state index contributed by atoms with van der Waals surface area (Å²) in [4.78, 5) is 47.8. The number of β-lactam (4-membered cyclic amide) rings is 1. The Kier molecular flexibility index (Phi) is 7.10. The average Bonchev–Trinajstić information content (AvgIpc) is 3.42. The third-order valence-corrected chi connectivity index (χ3v) is 8.24. The minimum absolute atomic E-state index is 0.0230. The monoisotopic (exact) mass is 570 g/mol. The molecule has 10 nitrogen and oxygen atoms in total. The first-order valence-electron chi connectivity index (χ1n) is 13.0. The van der Waals surface area contributed by atoms with Crippen molar-refractivity contribution in [3.63, 3.8) is 0 Å². The number of ether oxygens (including phenoxy) is 2. The molecule has 1 fully saturated rings. The molecule has 0 aliphatic carbocycles. The number of carbonyl (C=O) groups excluding carboxylic acids is 3. The third kappa shape index (κ3) is 5.11. The molecule has 3 aromatic carbocycles. The van der Waals surface area contributed by atoms with Gasteiger partial charge in [-0.15, -0.1) is 11.8 Å². The Balaban J connectivity index is 1.29. The van der Waals surface area contributed by atoms with E-state index in [1.54, 1.807) is 12.1 Å². The van der Waals surface area contributed by atoms with Crippen LogP contribution in [0.2, 0.25) is 0 Å². The standard InChI is InChI=1S/C30H26N4O6S/c1-17(35)39-15-20-16-41-28-24(33-30-31-21-13-8-14-22(36)23(21)32-30)27(37)34(28)25(20)29(38)40-26(18-9-4-2-5-10-18)19-11-6-3-7-12-19/h2-14,24,26,28,36H,15-16H2,1H3,(H2,31,32,33)/t24-,28-/m1/s1. The lowest BCUT2D eigenvalue weighted by Crippen LogP contribution is -2.68. The van der Waals surface area contributed by atoms with E-state index in [1.165, 1.54) is 29.7 Å². The number of para-hydroxylation sites is 1. The topological polar surface area (TPSA) is 134 Å². The summed E-state index contributed by atoms with van der Waals surface area (Å²) in [7, 11) is 0. The predicted octanol–water partition coefficient (Wildman–Crippen LogP) is 4.11. The number of anilines is 1. The number of esters is 2. The van der Waals surface area contributed by atoms with E-state index < -0.39 is 29.5 Å². The Morgan fingerprint density at radius 1 is 1.07 bits per heavy atom. The zero-order chi connectivity index (χ0) is 28.5. The molecule has 41 heavy (non-hydrogen) atoms. The van der Waals surface area contributed by atoms with Gasteiger partial charge in [-0.1, -0.05) is 66.7 Å². The molecule has 0 bridgehead atoms. The number of aromatic amines is 1. The van der Waals surface area contributed by atoms with E-state index in [2.05, 4.69) is 15.3 Å². The fraction of sp³-hybridized carbons (Fsp3) is 0.200. The smallest absolute Gasteiger partial charge is 0.356 e. The highest BCUT2D eigenvalue weighted by atomic mass is 32.2. The van der Waals surface area contributed by atoms with Crippen LogP contribution in [0.4, 0.5) is 5.95 Å². The van der Waals surface area contributed by atoms with Crippen LogP contribution < -0.4 is 5.32 Å². The fourth-order valence-corrected chi connectivity index (χ4v) is 6.28. The number of hydrogen-bond donors (Lipinski definition) is 3. The number of rotatable bonds is 8. The van der Waals surface area contributed by atoms with Crippen molar-refractivity contribution in [2.24, 2.45) is 0 Å². The molecule has 208 valence electrons.